The summed E-state index contributed by atoms with van der Waals surface area (Å²) in [7, 11) is 0. The molecule has 2 heterocycles. The lowest BCUT2D eigenvalue weighted by Crippen LogP contribution is -2.24. The molecule has 0 saturated heterocycles. The van der Waals surface area contributed by atoms with Gasteiger partial charge in [-0.15, -0.1) is 0 Å². The van der Waals surface area contributed by atoms with Gasteiger partial charge in [0.25, 0.3) is 0 Å². The molecule has 372 valence electrons. The Morgan fingerprint density at radius 3 is 1.36 bits per heavy atom. The summed E-state index contributed by atoms with van der Waals surface area (Å²) < 4.78 is 14.0. The van der Waals surface area contributed by atoms with Gasteiger partial charge in [0.2, 0.25) is 0 Å². The SMILES string of the molecule is CC1(C)c2cc(N(c3ccc(-c4ccccc4)cc3)c3ccc4c(c3)C(C)(C)c3c5c(c6c(oc7ccccc76)c3-4)-c3ccccc3C5(C)C)ccc2-c2c1cc(-c1ccc(-c3ccccc3)cc1)c1oc3ccccc3c21. The Morgan fingerprint density at radius 2 is 0.731 bits per heavy atom. The minimum absolute atomic E-state index is 0.228. The normalized spacial score (nSPS) is 14.8. The number of rotatable bonds is 6. The Kier molecular flexibility index (Phi) is 9.21. The number of anilines is 3. The van der Waals surface area contributed by atoms with Gasteiger partial charge in [0.1, 0.15) is 22.3 Å². The number of hydrogen-bond donors (Lipinski definition) is 0. The van der Waals surface area contributed by atoms with Crippen molar-refractivity contribution in [2.24, 2.45) is 0 Å². The summed E-state index contributed by atoms with van der Waals surface area (Å²) in [5.74, 6) is 0. The van der Waals surface area contributed by atoms with Crippen LogP contribution in [0.15, 0.2) is 233 Å². The molecule has 0 spiro atoms. The predicted octanol–water partition coefficient (Wildman–Crippen LogP) is 20.9. The topological polar surface area (TPSA) is 29.5 Å². The Morgan fingerprint density at radius 1 is 0.295 bits per heavy atom. The lowest BCUT2D eigenvalue weighted by atomic mass is 9.72. The van der Waals surface area contributed by atoms with E-state index >= 15 is 0 Å². The average Bonchev–Trinajstić information content (AvgIpc) is 4.15. The van der Waals surface area contributed by atoms with Gasteiger partial charge in [-0.1, -0.05) is 211 Å². The molecule has 0 saturated carbocycles. The van der Waals surface area contributed by atoms with E-state index in [2.05, 4.69) is 271 Å². The standard InChI is InChI=1S/C75H55NO2/c1-73(2)59-41-50(37-39-53(59)64-61(73)43-57(71-66(64)55-24-14-17-27-62(55)77-71)48-31-29-46(30-32-48)44-19-9-7-10-20-44)76(49-35-33-47(34-36-49)45-21-11-8-12-22-45)51-38-40-54-60(42-51)75(5,6)70-68(54)72-67(56-25-15-18-28-63(56)78-72)65-52-23-13-16-26-58(52)74(3,4)69(65)70/h7-43H,1-6H3. The number of hydrogen-bond acceptors (Lipinski definition) is 3. The van der Waals surface area contributed by atoms with Gasteiger partial charge in [-0.25, -0.2) is 0 Å². The van der Waals surface area contributed by atoms with Crippen LogP contribution >= 0.6 is 0 Å². The van der Waals surface area contributed by atoms with Crippen molar-refractivity contribution in [3.8, 4) is 66.8 Å². The highest BCUT2D eigenvalue weighted by atomic mass is 16.3. The smallest absolute Gasteiger partial charge is 0.144 e. The van der Waals surface area contributed by atoms with Crippen LogP contribution in [-0.2, 0) is 16.2 Å². The zero-order chi connectivity index (χ0) is 52.4. The fraction of sp³-hybridized carbons (Fsp3) is 0.120. The summed E-state index contributed by atoms with van der Waals surface area (Å²) in [4.78, 5) is 2.48. The van der Waals surface area contributed by atoms with E-state index in [-0.39, 0.29) is 16.2 Å². The molecule has 3 aliphatic carbocycles. The predicted molar refractivity (Wildman–Crippen MR) is 325 cm³/mol. The largest absolute Gasteiger partial charge is 0.455 e. The monoisotopic (exact) mass is 1000 g/mol. The zero-order valence-electron chi connectivity index (χ0n) is 44.6. The van der Waals surface area contributed by atoms with Crippen LogP contribution in [0.4, 0.5) is 17.1 Å². The quantitative estimate of drug-likeness (QED) is 0.166. The molecule has 3 heteroatoms. The molecule has 3 aliphatic rings. The van der Waals surface area contributed by atoms with E-state index < -0.39 is 0 Å². The first kappa shape index (κ1) is 45.1. The van der Waals surface area contributed by atoms with E-state index in [9.17, 15) is 0 Å². The van der Waals surface area contributed by atoms with Crippen molar-refractivity contribution in [3.05, 3.63) is 258 Å². The van der Waals surface area contributed by atoms with Crippen LogP contribution in [0, 0.1) is 0 Å². The van der Waals surface area contributed by atoms with Crippen molar-refractivity contribution in [3.63, 3.8) is 0 Å². The van der Waals surface area contributed by atoms with Crippen LogP contribution in [0.3, 0.4) is 0 Å². The zero-order valence-corrected chi connectivity index (χ0v) is 44.6. The Bertz CT molecular complexity index is 4660. The molecule has 16 rings (SSSR count). The molecule has 0 aliphatic heterocycles. The number of fused-ring (bicyclic) bond motifs is 19. The molecule has 13 aromatic rings. The first-order valence-corrected chi connectivity index (χ1v) is 27.5. The third kappa shape index (κ3) is 6.10. The summed E-state index contributed by atoms with van der Waals surface area (Å²) >= 11 is 0. The number of nitrogens with zero attached hydrogens (tertiary/aromatic N) is 1. The minimum atomic E-state index is -0.361. The van der Waals surface area contributed by atoms with Crippen molar-refractivity contribution in [2.45, 2.75) is 57.8 Å². The Balaban J connectivity index is 0.888. The maximum atomic E-state index is 7.09. The summed E-state index contributed by atoms with van der Waals surface area (Å²) in [6, 6.07) is 82.5. The van der Waals surface area contributed by atoms with Gasteiger partial charge in [0.05, 0.1) is 0 Å². The van der Waals surface area contributed by atoms with Crippen LogP contribution in [0.5, 0.6) is 0 Å². The van der Waals surface area contributed by atoms with Crippen LogP contribution in [0.25, 0.3) is 111 Å². The summed E-state index contributed by atoms with van der Waals surface area (Å²) in [5, 5.41) is 4.71. The van der Waals surface area contributed by atoms with Crippen LogP contribution in [0.1, 0.15) is 74.9 Å². The van der Waals surface area contributed by atoms with Crippen molar-refractivity contribution < 1.29 is 8.83 Å². The highest BCUT2D eigenvalue weighted by Gasteiger charge is 2.49. The van der Waals surface area contributed by atoms with Gasteiger partial charge in [-0.2, -0.15) is 0 Å². The first-order chi connectivity index (χ1) is 38.0. The lowest BCUT2D eigenvalue weighted by Gasteiger charge is -2.32. The second-order valence-corrected chi connectivity index (χ2v) is 23.5. The molecular weight excluding hydrogens is 947 g/mol. The van der Waals surface area contributed by atoms with Crippen molar-refractivity contribution in [1.29, 1.82) is 0 Å². The van der Waals surface area contributed by atoms with E-state index in [0.29, 0.717) is 0 Å². The molecule has 2 aromatic heterocycles. The molecule has 78 heavy (non-hydrogen) atoms. The maximum Gasteiger partial charge on any atom is 0.144 e. The van der Waals surface area contributed by atoms with Crippen molar-refractivity contribution in [2.75, 3.05) is 4.90 Å². The van der Waals surface area contributed by atoms with Crippen LogP contribution in [-0.4, -0.2) is 0 Å². The summed E-state index contributed by atoms with van der Waals surface area (Å²) in [6.45, 7) is 14.5. The molecule has 3 nitrogen and oxygen atoms in total. The number of benzene rings is 11. The lowest BCUT2D eigenvalue weighted by molar-refractivity contribution is 0.600. The maximum absolute atomic E-state index is 7.09. The second-order valence-electron chi connectivity index (χ2n) is 23.5. The molecule has 0 atom stereocenters. The van der Waals surface area contributed by atoms with E-state index in [0.717, 1.165) is 55.9 Å². The number of para-hydroxylation sites is 2. The van der Waals surface area contributed by atoms with Gasteiger partial charge in [0, 0.05) is 66.0 Å². The van der Waals surface area contributed by atoms with Gasteiger partial charge in [0.15, 0.2) is 0 Å². The van der Waals surface area contributed by atoms with Crippen LogP contribution in [0.2, 0.25) is 0 Å². The first-order valence-electron chi connectivity index (χ1n) is 27.5. The van der Waals surface area contributed by atoms with Crippen LogP contribution < -0.4 is 4.90 Å². The Labute approximate surface area is 454 Å². The third-order valence-corrected chi connectivity index (χ3v) is 18.2. The van der Waals surface area contributed by atoms with E-state index in [1.807, 2.05) is 0 Å². The number of furan rings is 2. The summed E-state index contributed by atoms with van der Waals surface area (Å²) in [5.41, 5.74) is 28.8. The van der Waals surface area contributed by atoms with Gasteiger partial charge >= 0.3 is 0 Å². The van der Waals surface area contributed by atoms with Gasteiger partial charge < -0.3 is 13.7 Å². The molecular formula is C75H55NO2. The second kappa shape index (κ2) is 15.9. The Hall–Kier alpha value is -9.18. The van der Waals surface area contributed by atoms with Gasteiger partial charge in [-0.05, 0) is 144 Å². The molecule has 0 bridgehead atoms. The molecule has 0 radical (unpaired) electrons. The van der Waals surface area contributed by atoms with Crippen molar-refractivity contribution in [1.82, 2.24) is 0 Å². The molecule has 0 N–H and O–H groups in total. The minimum Gasteiger partial charge on any atom is -0.455 e. The van der Waals surface area contributed by atoms with Crippen molar-refractivity contribution >= 4 is 60.9 Å². The fourth-order valence-corrected chi connectivity index (χ4v) is 14.4. The van der Waals surface area contributed by atoms with E-state index in [4.69, 9.17) is 8.83 Å². The average molecular weight is 1000 g/mol. The molecule has 0 amide bonds. The highest BCUT2D eigenvalue weighted by molar-refractivity contribution is 6.21. The third-order valence-electron chi connectivity index (χ3n) is 18.2. The summed E-state index contributed by atoms with van der Waals surface area (Å²) in [6.07, 6.45) is 0. The molecule has 0 fully saturated rings. The van der Waals surface area contributed by atoms with Gasteiger partial charge in [-0.3, -0.25) is 0 Å². The highest BCUT2D eigenvalue weighted by Crippen LogP contribution is 2.64. The fourth-order valence-electron chi connectivity index (χ4n) is 14.4. The van der Waals surface area contributed by atoms with E-state index in [1.165, 1.54) is 105 Å². The van der Waals surface area contributed by atoms with E-state index in [1.54, 1.807) is 0 Å². The molecule has 11 aromatic carbocycles. The molecule has 0 unspecified atom stereocenters.